The summed E-state index contributed by atoms with van der Waals surface area (Å²) in [5, 5.41) is 13.7. The predicted octanol–water partition coefficient (Wildman–Crippen LogP) is 1.84. The van der Waals surface area contributed by atoms with Crippen LogP contribution >= 0.6 is 0 Å². The number of anilines is 1. The molecule has 1 aliphatic rings. The van der Waals surface area contributed by atoms with Crippen molar-refractivity contribution in [2.24, 2.45) is 7.05 Å². The average Bonchev–Trinajstić information content (AvgIpc) is 3.09. The van der Waals surface area contributed by atoms with Crippen LogP contribution in [0.25, 0.3) is 11.3 Å². The quantitative estimate of drug-likeness (QED) is 0.542. The molecule has 10 nitrogen and oxygen atoms in total. The summed E-state index contributed by atoms with van der Waals surface area (Å²) in [6, 6.07) is 5.51. The highest BCUT2D eigenvalue weighted by Gasteiger charge is 2.32. The molecule has 11 heteroatoms. The normalized spacial score (nSPS) is 15.8. The van der Waals surface area contributed by atoms with Crippen LogP contribution in [0, 0.1) is 17.1 Å². The molecule has 31 heavy (non-hydrogen) atoms. The van der Waals surface area contributed by atoms with Crippen LogP contribution in [0.5, 0.6) is 5.88 Å². The van der Waals surface area contributed by atoms with Crippen molar-refractivity contribution in [2.75, 3.05) is 12.8 Å². The van der Waals surface area contributed by atoms with Crippen LogP contribution in [0.2, 0.25) is 0 Å². The van der Waals surface area contributed by atoms with E-state index in [1.54, 1.807) is 6.92 Å². The lowest BCUT2D eigenvalue weighted by Gasteiger charge is -2.22. The van der Waals surface area contributed by atoms with Gasteiger partial charge in [0.2, 0.25) is 0 Å². The van der Waals surface area contributed by atoms with E-state index < -0.39 is 23.7 Å². The lowest BCUT2D eigenvalue weighted by atomic mass is 10.0. The molecule has 3 aromatic rings. The van der Waals surface area contributed by atoms with Crippen molar-refractivity contribution in [3.8, 4) is 23.2 Å². The van der Waals surface area contributed by atoms with E-state index in [2.05, 4.69) is 15.1 Å². The van der Waals surface area contributed by atoms with Gasteiger partial charge in [0.05, 0.1) is 17.5 Å². The van der Waals surface area contributed by atoms with E-state index in [1.165, 1.54) is 31.0 Å². The van der Waals surface area contributed by atoms with Crippen LogP contribution in [-0.2, 0) is 7.05 Å². The number of nitriles is 1. The molecular formula is C20H16FN7O3. The number of benzene rings is 1. The van der Waals surface area contributed by atoms with Gasteiger partial charge in [-0.3, -0.25) is 19.2 Å². The van der Waals surface area contributed by atoms with Crippen LogP contribution < -0.4 is 10.5 Å². The molecule has 0 spiro atoms. The number of carbonyl (C=O) groups excluding carboxylic acids is 2. The molecule has 2 aromatic heterocycles. The number of aryl methyl sites for hydroxylation is 1. The molecule has 156 valence electrons. The zero-order valence-electron chi connectivity index (χ0n) is 16.8. The maximum atomic E-state index is 14.0. The fourth-order valence-corrected chi connectivity index (χ4v) is 3.36. The Hall–Kier alpha value is -4.33. The summed E-state index contributed by atoms with van der Waals surface area (Å²) in [4.78, 5) is 35.6. The SMILES string of the molecule is C[C@H]1Oc2nc(cnc2N)-c2c(nn(C)c2C#N)C(=O)N(C)C(=O)c2ccc(F)cc21. The number of hydrogen-bond donors (Lipinski definition) is 1. The number of imide groups is 1. The fraction of sp³-hybridized carbons (Fsp3) is 0.200. The first kappa shape index (κ1) is 20.0. The summed E-state index contributed by atoms with van der Waals surface area (Å²) in [6.07, 6.45) is 0.427. The number of aromatic nitrogens is 4. The number of amides is 2. The second kappa shape index (κ2) is 7.17. The van der Waals surface area contributed by atoms with Gasteiger partial charge in [0.1, 0.15) is 23.7 Å². The third-order valence-corrected chi connectivity index (χ3v) is 4.96. The van der Waals surface area contributed by atoms with Crippen molar-refractivity contribution in [2.45, 2.75) is 13.0 Å². The van der Waals surface area contributed by atoms with Crippen molar-refractivity contribution in [1.29, 1.82) is 5.26 Å². The summed E-state index contributed by atoms with van der Waals surface area (Å²) in [5.41, 5.74) is 6.25. The minimum Gasteiger partial charge on any atom is -0.467 e. The molecule has 1 atom stereocenters. The Morgan fingerprint density at radius 3 is 2.71 bits per heavy atom. The molecule has 1 aromatic carbocycles. The van der Waals surface area contributed by atoms with Gasteiger partial charge in [-0.1, -0.05) is 0 Å². The number of nitrogens with zero attached hydrogens (tertiary/aromatic N) is 6. The monoisotopic (exact) mass is 421 g/mol. The number of hydrogen-bond acceptors (Lipinski definition) is 8. The van der Waals surface area contributed by atoms with Crippen molar-refractivity contribution in [1.82, 2.24) is 24.6 Å². The average molecular weight is 421 g/mol. The van der Waals surface area contributed by atoms with E-state index in [-0.39, 0.29) is 45.5 Å². The lowest BCUT2D eigenvalue weighted by Crippen LogP contribution is -2.35. The lowest BCUT2D eigenvalue weighted by molar-refractivity contribution is 0.0649. The van der Waals surface area contributed by atoms with Gasteiger partial charge >= 0.3 is 0 Å². The van der Waals surface area contributed by atoms with Gasteiger partial charge in [0.15, 0.2) is 11.5 Å². The molecule has 0 unspecified atom stereocenters. The van der Waals surface area contributed by atoms with E-state index in [0.29, 0.717) is 0 Å². The summed E-state index contributed by atoms with van der Waals surface area (Å²) in [5.74, 6) is -2.17. The van der Waals surface area contributed by atoms with Gasteiger partial charge < -0.3 is 10.5 Å². The number of ether oxygens (including phenoxy) is 1. The number of nitrogens with two attached hydrogens (primary N) is 1. The second-order valence-electron chi connectivity index (χ2n) is 6.91. The molecule has 1 aliphatic heterocycles. The molecule has 2 bridgehead atoms. The minimum atomic E-state index is -0.853. The molecule has 0 fully saturated rings. The van der Waals surface area contributed by atoms with Gasteiger partial charge in [-0.05, 0) is 25.1 Å². The van der Waals surface area contributed by atoms with Crippen LogP contribution in [0.15, 0.2) is 24.4 Å². The summed E-state index contributed by atoms with van der Waals surface area (Å²) in [7, 11) is 2.76. The van der Waals surface area contributed by atoms with Crippen LogP contribution in [0.4, 0.5) is 10.2 Å². The summed E-state index contributed by atoms with van der Waals surface area (Å²) in [6.45, 7) is 1.59. The Labute approximate surface area is 175 Å². The Morgan fingerprint density at radius 1 is 1.26 bits per heavy atom. The smallest absolute Gasteiger partial charge is 0.281 e. The van der Waals surface area contributed by atoms with Gasteiger partial charge in [0.25, 0.3) is 17.7 Å². The molecule has 4 rings (SSSR count). The summed E-state index contributed by atoms with van der Waals surface area (Å²) < 4.78 is 21.0. The van der Waals surface area contributed by atoms with Crippen LogP contribution in [-0.4, -0.2) is 43.5 Å². The minimum absolute atomic E-state index is 0.0433. The van der Waals surface area contributed by atoms with Crippen molar-refractivity contribution < 1.29 is 18.7 Å². The van der Waals surface area contributed by atoms with E-state index in [1.807, 2.05) is 6.07 Å². The molecule has 0 saturated carbocycles. The van der Waals surface area contributed by atoms with E-state index in [4.69, 9.17) is 10.5 Å². The maximum Gasteiger partial charge on any atom is 0.281 e. The third kappa shape index (κ3) is 3.14. The van der Waals surface area contributed by atoms with Crippen molar-refractivity contribution >= 4 is 17.6 Å². The number of rotatable bonds is 0. The van der Waals surface area contributed by atoms with E-state index in [0.717, 1.165) is 17.0 Å². The van der Waals surface area contributed by atoms with Gasteiger partial charge in [-0.2, -0.15) is 10.4 Å². The number of halogens is 1. The Bertz CT molecular complexity index is 1290. The Morgan fingerprint density at radius 2 is 2.00 bits per heavy atom. The number of nitrogen functional groups attached to an aromatic ring is 1. The first-order valence-electron chi connectivity index (χ1n) is 9.11. The Balaban J connectivity index is 2.04. The predicted molar refractivity (Wildman–Crippen MR) is 105 cm³/mol. The second-order valence-corrected chi connectivity index (χ2v) is 6.91. The van der Waals surface area contributed by atoms with Gasteiger partial charge in [0, 0.05) is 25.2 Å². The first-order valence-corrected chi connectivity index (χ1v) is 9.11. The van der Waals surface area contributed by atoms with E-state index >= 15 is 0 Å². The maximum absolute atomic E-state index is 14.0. The summed E-state index contributed by atoms with van der Waals surface area (Å²) >= 11 is 0. The zero-order valence-corrected chi connectivity index (χ0v) is 16.8. The molecule has 0 saturated heterocycles. The highest BCUT2D eigenvalue weighted by Crippen LogP contribution is 2.33. The highest BCUT2D eigenvalue weighted by atomic mass is 19.1. The molecule has 2 N–H and O–H groups in total. The highest BCUT2D eigenvalue weighted by molar-refractivity contribution is 6.12. The molecule has 0 aliphatic carbocycles. The molecular weight excluding hydrogens is 405 g/mol. The van der Waals surface area contributed by atoms with Gasteiger partial charge in [-0.15, -0.1) is 0 Å². The van der Waals surface area contributed by atoms with Gasteiger partial charge in [-0.25, -0.2) is 14.4 Å². The van der Waals surface area contributed by atoms with Crippen LogP contribution in [0.3, 0.4) is 0 Å². The third-order valence-electron chi connectivity index (χ3n) is 4.96. The van der Waals surface area contributed by atoms with Crippen molar-refractivity contribution in [3.63, 3.8) is 0 Å². The largest absolute Gasteiger partial charge is 0.467 e. The van der Waals surface area contributed by atoms with E-state index in [9.17, 15) is 19.2 Å². The van der Waals surface area contributed by atoms with Crippen LogP contribution in [0.1, 0.15) is 45.1 Å². The molecule has 0 radical (unpaired) electrons. The fourth-order valence-electron chi connectivity index (χ4n) is 3.36. The Kier molecular flexibility index (Phi) is 4.62. The first-order chi connectivity index (χ1) is 14.7. The molecule has 3 heterocycles. The molecule has 2 amide bonds. The number of fused-ring (bicyclic) bond motifs is 5. The number of carbonyl (C=O) groups is 2. The van der Waals surface area contributed by atoms with Crippen molar-refractivity contribution in [3.05, 3.63) is 52.7 Å². The standard InChI is InChI=1S/C20H16FN7O3/c1-9-12-6-10(21)4-5-11(12)19(29)27(2)20(30)16-15(14(7-22)28(3)26-16)13-8-24-17(23)18(25-13)31-9/h4-6,8-9H,1-3H3,(H2,23,24)/t9-/m1/s1. The zero-order chi connectivity index (χ0) is 22.4. The topological polar surface area (TPSA) is 140 Å².